The average Bonchev–Trinajstić information content (AvgIpc) is 2.59. The maximum atomic E-state index is 14.8. The molecule has 0 radical (unpaired) electrons. The number of fused-ring (bicyclic) bond motifs is 1. The fraction of sp³-hybridized carbons (Fsp3) is 0.455. The zero-order chi connectivity index (χ0) is 18.3. The summed E-state index contributed by atoms with van der Waals surface area (Å²) in [6.07, 6.45) is 6.55. The monoisotopic (exact) mass is 358 g/mol. The first-order valence-electron chi connectivity index (χ1n) is 9.39. The average molecular weight is 359 g/mol. The molecule has 3 heteroatoms. The molecule has 0 heterocycles. The van der Waals surface area contributed by atoms with Crippen LogP contribution in [0.3, 0.4) is 0 Å². The first kappa shape index (κ1) is 19.9. The van der Waals surface area contributed by atoms with E-state index in [0.717, 1.165) is 31.2 Å². The minimum Gasteiger partial charge on any atom is -0.370 e. The van der Waals surface area contributed by atoms with Gasteiger partial charge in [0.1, 0.15) is 0 Å². The molecule has 0 aliphatic carbocycles. The second kappa shape index (κ2) is 9.30. The molecule has 0 spiro atoms. The quantitative estimate of drug-likeness (QED) is 0.190. The van der Waals surface area contributed by atoms with Crippen molar-refractivity contribution in [3.8, 4) is 0 Å². The van der Waals surface area contributed by atoms with E-state index in [1.807, 2.05) is 18.2 Å². The van der Waals surface area contributed by atoms with E-state index in [1.165, 1.54) is 10.8 Å². The lowest BCUT2D eigenvalue weighted by molar-refractivity contribution is 0.0165. The van der Waals surface area contributed by atoms with Gasteiger partial charge in [-0.25, -0.2) is 0 Å². The van der Waals surface area contributed by atoms with Crippen molar-refractivity contribution in [3.05, 3.63) is 60.7 Å². The minimum absolute atomic E-state index is 0.128. The Hall–Kier alpha value is -1.45. The van der Waals surface area contributed by atoms with Gasteiger partial charge in [0.15, 0.2) is 0 Å². The number of ether oxygens (including phenoxy) is 1. The Morgan fingerprint density at radius 3 is 2.48 bits per heavy atom. The lowest BCUT2D eigenvalue weighted by atomic mass is 10.0. The smallest absolute Gasteiger partial charge is 0.269 e. The van der Waals surface area contributed by atoms with Crippen LogP contribution in [0.5, 0.6) is 0 Å². The van der Waals surface area contributed by atoms with E-state index in [1.54, 1.807) is 13.1 Å². The third-order valence-corrected chi connectivity index (χ3v) is 6.65. The van der Waals surface area contributed by atoms with Crippen LogP contribution in [0.1, 0.15) is 50.7 Å². The molecule has 0 saturated carbocycles. The van der Waals surface area contributed by atoms with E-state index in [4.69, 9.17) is 4.74 Å². The summed E-state index contributed by atoms with van der Waals surface area (Å²) in [7, 11) is -2.87. The predicted octanol–water partition coefficient (Wildman–Crippen LogP) is 7.14. The Morgan fingerprint density at radius 2 is 1.84 bits per heavy atom. The van der Waals surface area contributed by atoms with E-state index in [0.29, 0.717) is 6.42 Å². The molecule has 0 aliphatic rings. The summed E-state index contributed by atoms with van der Waals surface area (Å²) >= 11 is 0. The summed E-state index contributed by atoms with van der Waals surface area (Å²) in [5.74, 6) is 0. The first-order chi connectivity index (χ1) is 12.0. The van der Waals surface area contributed by atoms with Crippen LogP contribution in [0.25, 0.3) is 10.8 Å². The lowest BCUT2D eigenvalue weighted by Gasteiger charge is -2.30. The number of rotatable bonds is 10. The maximum absolute atomic E-state index is 14.8. The zero-order valence-electron chi connectivity index (χ0n) is 15.8. The Balaban J connectivity index is 2.22. The van der Waals surface area contributed by atoms with Gasteiger partial charge in [0.05, 0.1) is 11.8 Å². The summed E-state index contributed by atoms with van der Waals surface area (Å²) in [4.78, 5) is 0. The number of hydrogen-bond donors (Lipinski definition) is 0. The van der Waals surface area contributed by atoms with Crippen molar-refractivity contribution in [2.75, 3.05) is 0 Å². The molecule has 0 amide bonds. The van der Waals surface area contributed by atoms with Crippen molar-refractivity contribution in [3.63, 3.8) is 0 Å². The molecule has 0 saturated heterocycles. The largest absolute Gasteiger partial charge is 0.370 e. The molecule has 0 bridgehead atoms. The molecule has 2 atom stereocenters. The molecule has 136 valence electrons. The fourth-order valence-electron chi connectivity index (χ4n) is 3.18. The third kappa shape index (κ3) is 5.79. The van der Waals surface area contributed by atoms with Gasteiger partial charge < -0.3 is 8.84 Å². The number of hydrogen-bond acceptors (Lipinski definition) is 1. The Kier molecular flexibility index (Phi) is 7.39. The molecule has 0 aliphatic heterocycles. The highest BCUT2D eigenvalue weighted by atomic mass is 28.4. The van der Waals surface area contributed by atoms with Crippen molar-refractivity contribution in [2.24, 2.45) is 0 Å². The van der Waals surface area contributed by atoms with E-state index < -0.39 is 8.41 Å². The molecule has 0 unspecified atom stereocenters. The lowest BCUT2D eigenvalue weighted by Crippen LogP contribution is -2.40. The van der Waals surface area contributed by atoms with Crippen LogP contribution in [-0.4, -0.2) is 14.1 Å². The third-order valence-electron chi connectivity index (χ3n) is 4.69. The first-order valence-corrected chi connectivity index (χ1v) is 12.3. The van der Waals surface area contributed by atoms with E-state index in [2.05, 4.69) is 43.8 Å². The zero-order valence-corrected chi connectivity index (χ0v) is 16.8. The number of halogens is 1. The minimum atomic E-state index is -2.87. The van der Waals surface area contributed by atoms with E-state index in [-0.39, 0.29) is 11.8 Å². The Bertz CT molecular complexity index is 677. The maximum Gasteiger partial charge on any atom is 0.269 e. The normalized spacial score (nSPS) is 14.4. The van der Waals surface area contributed by atoms with Gasteiger partial charge in [-0.2, -0.15) is 0 Å². The van der Waals surface area contributed by atoms with Gasteiger partial charge in [-0.3, -0.25) is 0 Å². The summed E-state index contributed by atoms with van der Waals surface area (Å²) in [6.45, 7) is 9.56. The molecule has 2 rings (SSSR count). The topological polar surface area (TPSA) is 9.23 Å². The second-order valence-corrected chi connectivity index (χ2v) is 11.1. The van der Waals surface area contributed by atoms with Crippen LogP contribution in [0.2, 0.25) is 13.1 Å². The highest BCUT2D eigenvalue weighted by Crippen LogP contribution is 2.31. The molecule has 1 nitrogen and oxygen atoms in total. The van der Waals surface area contributed by atoms with Gasteiger partial charge in [-0.15, -0.1) is 6.58 Å². The number of benzene rings is 2. The molecule has 2 aromatic carbocycles. The van der Waals surface area contributed by atoms with Crippen LogP contribution in [-0.2, 0) is 4.74 Å². The van der Waals surface area contributed by atoms with Crippen LogP contribution >= 0.6 is 0 Å². The highest BCUT2D eigenvalue weighted by Gasteiger charge is 2.35. The van der Waals surface area contributed by atoms with E-state index >= 15 is 0 Å². The van der Waals surface area contributed by atoms with Crippen molar-refractivity contribution >= 4 is 19.2 Å². The molecule has 0 aromatic heterocycles. The standard InChI is InChI=1S/C22H31FOSi/c1-5-7-8-14-22(25(3,4)23)24-21(11-6-2)20-16-15-18-12-9-10-13-19(18)17-20/h6,9-10,12-13,15-17,21-22H,2,5,7-8,11,14H2,1,3-4H3/t21-,22+/m1/s1. The van der Waals surface area contributed by atoms with Crippen LogP contribution < -0.4 is 0 Å². The summed E-state index contributed by atoms with van der Waals surface area (Å²) in [6, 6.07) is 14.7. The molecule has 0 N–H and O–H groups in total. The number of unbranched alkanes of at least 4 members (excludes halogenated alkanes) is 2. The van der Waals surface area contributed by atoms with Gasteiger partial charge in [0.2, 0.25) is 0 Å². The van der Waals surface area contributed by atoms with Crippen LogP contribution in [0.4, 0.5) is 4.11 Å². The van der Waals surface area contributed by atoms with Gasteiger partial charge in [0.25, 0.3) is 8.41 Å². The van der Waals surface area contributed by atoms with Gasteiger partial charge in [-0.05, 0) is 48.3 Å². The van der Waals surface area contributed by atoms with Gasteiger partial charge in [0, 0.05) is 0 Å². The summed E-state index contributed by atoms with van der Waals surface area (Å²) in [5.41, 5.74) is 0.841. The van der Waals surface area contributed by atoms with Crippen molar-refractivity contribution in [1.82, 2.24) is 0 Å². The molecule has 2 aromatic rings. The molecule has 0 fully saturated rings. The second-order valence-electron chi connectivity index (χ2n) is 7.30. The summed E-state index contributed by atoms with van der Waals surface area (Å²) < 4.78 is 21.2. The molecular weight excluding hydrogens is 327 g/mol. The Morgan fingerprint density at radius 1 is 1.12 bits per heavy atom. The SMILES string of the molecule is C=CC[C@@H](O[C@H](CCCCC)[Si](C)(C)F)c1ccc2ccccc2c1. The van der Waals surface area contributed by atoms with Crippen molar-refractivity contribution in [1.29, 1.82) is 0 Å². The molecular formula is C22H31FOSi. The van der Waals surface area contributed by atoms with Gasteiger partial charge >= 0.3 is 0 Å². The van der Waals surface area contributed by atoms with Crippen LogP contribution in [0.15, 0.2) is 55.1 Å². The Labute approximate surface area is 153 Å². The van der Waals surface area contributed by atoms with Crippen molar-refractivity contribution < 1.29 is 8.84 Å². The van der Waals surface area contributed by atoms with Crippen LogP contribution in [0, 0.1) is 0 Å². The summed E-state index contributed by atoms with van der Waals surface area (Å²) in [5, 5.41) is 2.40. The van der Waals surface area contributed by atoms with Gasteiger partial charge in [-0.1, -0.05) is 68.7 Å². The van der Waals surface area contributed by atoms with Crippen molar-refractivity contribution in [2.45, 2.75) is 64.0 Å². The van der Waals surface area contributed by atoms with E-state index in [9.17, 15) is 4.11 Å². The highest BCUT2D eigenvalue weighted by molar-refractivity contribution is 6.71. The predicted molar refractivity (Wildman–Crippen MR) is 109 cm³/mol. The fourth-order valence-corrected chi connectivity index (χ4v) is 4.56. The molecule has 25 heavy (non-hydrogen) atoms.